The van der Waals surface area contributed by atoms with Crippen molar-refractivity contribution < 1.29 is 13.9 Å². The van der Waals surface area contributed by atoms with E-state index in [-0.39, 0.29) is 17.7 Å². The highest BCUT2D eigenvalue weighted by atomic mass is 32.2. The predicted octanol–water partition coefficient (Wildman–Crippen LogP) is 3.53. The number of carbonyl (C=O) groups is 1. The molecule has 1 aromatic heterocycles. The minimum atomic E-state index is -0.0261. The topological polar surface area (TPSA) is 77.2 Å². The molecule has 1 heterocycles. The van der Waals surface area contributed by atoms with Crippen LogP contribution in [-0.4, -0.2) is 34.5 Å². The number of aromatic nitrogens is 2. The Morgan fingerprint density at radius 1 is 1.29 bits per heavy atom. The fourth-order valence-electron chi connectivity index (χ4n) is 2.19. The van der Waals surface area contributed by atoms with Crippen molar-refractivity contribution in [2.75, 3.05) is 12.4 Å². The maximum atomic E-state index is 11.8. The van der Waals surface area contributed by atoms with Gasteiger partial charge in [-0.05, 0) is 44.5 Å². The van der Waals surface area contributed by atoms with Crippen LogP contribution in [0.2, 0.25) is 0 Å². The van der Waals surface area contributed by atoms with E-state index in [9.17, 15) is 4.79 Å². The van der Waals surface area contributed by atoms with Crippen molar-refractivity contribution in [1.82, 2.24) is 15.5 Å². The van der Waals surface area contributed by atoms with Gasteiger partial charge < -0.3 is 14.5 Å². The van der Waals surface area contributed by atoms with E-state index >= 15 is 0 Å². The van der Waals surface area contributed by atoms with Crippen LogP contribution in [-0.2, 0) is 4.79 Å². The van der Waals surface area contributed by atoms with E-state index in [1.165, 1.54) is 11.8 Å². The molecule has 0 bridgehead atoms. The van der Waals surface area contributed by atoms with Crippen molar-refractivity contribution >= 4 is 17.7 Å². The number of hydrogen-bond donors (Lipinski definition) is 1. The van der Waals surface area contributed by atoms with Gasteiger partial charge in [0.1, 0.15) is 5.75 Å². The Hall–Kier alpha value is -2.02. The van der Waals surface area contributed by atoms with E-state index in [0.717, 1.165) is 24.2 Å². The number of ether oxygens (including phenoxy) is 1. The number of carbonyl (C=O) groups excluding carboxylic acids is 1. The fraction of sp³-hybridized carbons (Fsp3) is 0.471. The van der Waals surface area contributed by atoms with Gasteiger partial charge in [-0.25, -0.2) is 0 Å². The lowest BCUT2D eigenvalue weighted by atomic mass is 10.2. The molecule has 7 heteroatoms. The molecule has 0 aliphatic carbocycles. The lowest BCUT2D eigenvalue weighted by Crippen LogP contribution is -2.33. The lowest BCUT2D eigenvalue weighted by molar-refractivity contribution is -0.119. The average molecular weight is 349 g/mol. The van der Waals surface area contributed by atoms with Crippen molar-refractivity contribution in [2.45, 2.75) is 44.9 Å². The lowest BCUT2D eigenvalue weighted by Gasteiger charge is -2.11. The highest BCUT2D eigenvalue weighted by Crippen LogP contribution is 2.24. The van der Waals surface area contributed by atoms with Crippen LogP contribution < -0.4 is 10.1 Å². The fourth-order valence-corrected chi connectivity index (χ4v) is 2.77. The summed E-state index contributed by atoms with van der Waals surface area (Å²) < 4.78 is 11.0. The summed E-state index contributed by atoms with van der Waals surface area (Å²) in [6.07, 6.45) is 2.02. The minimum Gasteiger partial charge on any atom is -0.494 e. The van der Waals surface area contributed by atoms with Gasteiger partial charge in [0, 0.05) is 11.6 Å². The number of benzene rings is 1. The van der Waals surface area contributed by atoms with Gasteiger partial charge in [-0.1, -0.05) is 25.1 Å². The van der Waals surface area contributed by atoms with Crippen LogP contribution in [0.25, 0.3) is 11.5 Å². The predicted molar refractivity (Wildman–Crippen MR) is 94.1 cm³/mol. The Balaban J connectivity index is 1.87. The van der Waals surface area contributed by atoms with Crippen molar-refractivity contribution in [3.63, 3.8) is 0 Å². The Kier molecular flexibility index (Phi) is 7.11. The van der Waals surface area contributed by atoms with E-state index in [1.54, 1.807) is 0 Å². The van der Waals surface area contributed by atoms with Gasteiger partial charge in [-0.2, -0.15) is 0 Å². The Bertz CT molecular complexity index is 643. The third-order valence-electron chi connectivity index (χ3n) is 3.27. The van der Waals surface area contributed by atoms with Crippen LogP contribution in [0.3, 0.4) is 0 Å². The van der Waals surface area contributed by atoms with Gasteiger partial charge in [0.25, 0.3) is 5.22 Å². The molecular formula is C17H23N3O3S. The number of amides is 1. The van der Waals surface area contributed by atoms with Crippen LogP contribution in [0.1, 0.15) is 33.6 Å². The highest BCUT2D eigenvalue weighted by Gasteiger charge is 2.12. The van der Waals surface area contributed by atoms with E-state index < -0.39 is 0 Å². The largest absolute Gasteiger partial charge is 0.494 e. The van der Waals surface area contributed by atoms with Crippen molar-refractivity contribution in [1.29, 1.82) is 0 Å². The third-order valence-corrected chi connectivity index (χ3v) is 4.09. The molecular weight excluding hydrogens is 326 g/mol. The second-order valence-corrected chi connectivity index (χ2v) is 6.30. The summed E-state index contributed by atoms with van der Waals surface area (Å²) in [6.45, 7) is 6.66. The maximum absolute atomic E-state index is 11.8. The SMILES string of the molecule is CCC[C@H](C)NC(=O)CSc1nnc(-c2ccc(OCC)cc2)o1. The number of nitrogens with zero attached hydrogens (tertiary/aromatic N) is 2. The summed E-state index contributed by atoms with van der Waals surface area (Å²) in [6, 6.07) is 7.64. The van der Waals surface area contributed by atoms with Crippen LogP contribution in [0.15, 0.2) is 33.9 Å². The first-order chi connectivity index (χ1) is 11.6. The molecule has 2 rings (SSSR count). The highest BCUT2D eigenvalue weighted by molar-refractivity contribution is 7.99. The third kappa shape index (κ3) is 5.56. The molecule has 0 aliphatic rings. The first kappa shape index (κ1) is 18.3. The van der Waals surface area contributed by atoms with Crippen LogP contribution in [0.4, 0.5) is 0 Å². The van der Waals surface area contributed by atoms with E-state index in [1.807, 2.05) is 38.1 Å². The summed E-state index contributed by atoms with van der Waals surface area (Å²) in [7, 11) is 0. The van der Waals surface area contributed by atoms with Gasteiger partial charge in [0.15, 0.2) is 0 Å². The number of nitrogens with one attached hydrogen (secondary N) is 1. The summed E-state index contributed by atoms with van der Waals surface area (Å²) >= 11 is 1.24. The molecule has 6 nitrogen and oxygen atoms in total. The summed E-state index contributed by atoms with van der Waals surface area (Å²) in [5.74, 6) is 1.47. The first-order valence-corrected chi connectivity index (χ1v) is 9.09. The molecule has 24 heavy (non-hydrogen) atoms. The molecule has 0 saturated heterocycles. The molecule has 0 radical (unpaired) electrons. The zero-order valence-corrected chi connectivity index (χ0v) is 15.1. The Morgan fingerprint density at radius 2 is 2.04 bits per heavy atom. The molecule has 0 spiro atoms. The van der Waals surface area contributed by atoms with Crippen LogP contribution >= 0.6 is 11.8 Å². The zero-order chi connectivity index (χ0) is 17.4. The average Bonchev–Trinajstić information content (AvgIpc) is 3.03. The molecule has 0 saturated carbocycles. The zero-order valence-electron chi connectivity index (χ0n) is 14.2. The Morgan fingerprint density at radius 3 is 2.71 bits per heavy atom. The van der Waals surface area contributed by atoms with Gasteiger partial charge >= 0.3 is 0 Å². The van der Waals surface area contributed by atoms with Gasteiger partial charge in [-0.15, -0.1) is 10.2 Å². The van der Waals surface area contributed by atoms with Crippen LogP contribution in [0, 0.1) is 0 Å². The summed E-state index contributed by atoms with van der Waals surface area (Å²) in [5, 5.41) is 11.3. The number of thioether (sulfide) groups is 1. The Labute approximate surface area is 146 Å². The van der Waals surface area contributed by atoms with E-state index in [4.69, 9.17) is 9.15 Å². The van der Waals surface area contributed by atoms with Gasteiger partial charge in [-0.3, -0.25) is 4.79 Å². The van der Waals surface area contributed by atoms with Crippen LogP contribution in [0.5, 0.6) is 5.75 Å². The summed E-state index contributed by atoms with van der Waals surface area (Å²) in [5.41, 5.74) is 0.818. The molecule has 1 atom stereocenters. The minimum absolute atomic E-state index is 0.0261. The summed E-state index contributed by atoms with van der Waals surface area (Å²) in [4.78, 5) is 11.8. The second-order valence-electron chi connectivity index (χ2n) is 5.38. The molecule has 130 valence electrons. The smallest absolute Gasteiger partial charge is 0.277 e. The number of hydrogen-bond acceptors (Lipinski definition) is 6. The molecule has 1 N–H and O–H groups in total. The second kappa shape index (κ2) is 9.32. The van der Waals surface area contributed by atoms with E-state index in [2.05, 4.69) is 22.4 Å². The molecule has 1 amide bonds. The molecule has 2 aromatic rings. The quantitative estimate of drug-likeness (QED) is 0.698. The van der Waals surface area contributed by atoms with Crippen molar-refractivity contribution in [2.24, 2.45) is 0 Å². The maximum Gasteiger partial charge on any atom is 0.277 e. The molecule has 0 fully saturated rings. The molecule has 0 aliphatic heterocycles. The van der Waals surface area contributed by atoms with Crippen molar-refractivity contribution in [3.8, 4) is 17.2 Å². The normalized spacial score (nSPS) is 12.0. The van der Waals surface area contributed by atoms with E-state index in [0.29, 0.717) is 17.7 Å². The van der Waals surface area contributed by atoms with Gasteiger partial charge in [0.2, 0.25) is 11.8 Å². The molecule has 1 aromatic carbocycles. The van der Waals surface area contributed by atoms with Gasteiger partial charge in [0.05, 0.1) is 12.4 Å². The standard InChI is InChI=1S/C17H23N3O3S/c1-4-6-12(3)18-15(21)11-24-17-20-19-16(23-17)13-7-9-14(10-8-13)22-5-2/h7-10,12H,4-6,11H2,1-3H3,(H,18,21)/t12-/m0/s1. The van der Waals surface area contributed by atoms with Crippen molar-refractivity contribution in [3.05, 3.63) is 24.3 Å². The monoisotopic (exact) mass is 349 g/mol. The first-order valence-electron chi connectivity index (χ1n) is 8.11. The number of rotatable bonds is 9. The molecule has 0 unspecified atom stereocenters.